The van der Waals surface area contributed by atoms with Crippen molar-refractivity contribution < 1.29 is 37.3 Å². The lowest BCUT2D eigenvalue weighted by Crippen LogP contribution is -2.63. The minimum Gasteiger partial charge on any atom is -0.387 e. The van der Waals surface area contributed by atoms with Crippen LogP contribution in [0.25, 0.3) is 11.3 Å². The molecule has 4 N–H and O–H groups in total. The predicted molar refractivity (Wildman–Crippen MR) is 111 cm³/mol. The standard InChI is InChI=1S/C22H20F3N5O5/c23-12-6-11(7-13(24)16(12)25)14-8-30(29-28-14)17-18(31)20(21(32)27-26)34-15-9-33-22(35-19(15)17)10-4-2-1-3-5-10/h1-8,15,17-20,22,31H,9,26H2,(H,27,32)/t15-,17-,18-,19+,20-,22+/m1/s1. The fraction of sp³-hybridized carbons (Fsp3) is 0.318. The van der Waals surface area contributed by atoms with Gasteiger partial charge in [0.2, 0.25) is 0 Å². The number of aliphatic hydroxyl groups is 1. The van der Waals surface area contributed by atoms with Crippen LogP contribution in [0.2, 0.25) is 0 Å². The third-order valence-electron chi connectivity index (χ3n) is 5.94. The summed E-state index contributed by atoms with van der Waals surface area (Å²) in [4.78, 5) is 12.3. The van der Waals surface area contributed by atoms with Gasteiger partial charge in [-0.15, -0.1) is 5.10 Å². The van der Waals surface area contributed by atoms with Crippen molar-refractivity contribution in [3.8, 4) is 11.3 Å². The molecule has 0 aliphatic carbocycles. The van der Waals surface area contributed by atoms with Gasteiger partial charge in [-0.25, -0.2) is 23.7 Å². The number of ether oxygens (including phenoxy) is 3. The maximum absolute atomic E-state index is 13.7. The second-order valence-corrected chi connectivity index (χ2v) is 8.10. The summed E-state index contributed by atoms with van der Waals surface area (Å²) in [6.07, 6.45) is -4.03. The first-order valence-corrected chi connectivity index (χ1v) is 10.6. The molecule has 35 heavy (non-hydrogen) atoms. The third-order valence-corrected chi connectivity index (χ3v) is 5.94. The van der Waals surface area contributed by atoms with E-state index < -0.39 is 60.1 Å². The quantitative estimate of drug-likeness (QED) is 0.214. The van der Waals surface area contributed by atoms with Crippen molar-refractivity contribution >= 4 is 5.91 Å². The molecule has 0 unspecified atom stereocenters. The van der Waals surface area contributed by atoms with Gasteiger partial charge in [0.25, 0.3) is 5.91 Å². The highest BCUT2D eigenvalue weighted by atomic mass is 19.2. The Hall–Kier alpha value is -3.36. The van der Waals surface area contributed by atoms with Crippen molar-refractivity contribution in [2.75, 3.05) is 6.61 Å². The molecule has 1 amide bonds. The van der Waals surface area contributed by atoms with Crippen molar-refractivity contribution in [1.82, 2.24) is 20.4 Å². The number of rotatable bonds is 4. The van der Waals surface area contributed by atoms with E-state index in [4.69, 9.17) is 20.1 Å². The highest BCUT2D eigenvalue weighted by molar-refractivity contribution is 5.81. The maximum Gasteiger partial charge on any atom is 0.265 e. The predicted octanol–water partition coefficient (Wildman–Crippen LogP) is 1.14. The smallest absolute Gasteiger partial charge is 0.265 e. The second kappa shape index (κ2) is 9.36. The average molecular weight is 491 g/mol. The number of amides is 1. The molecule has 6 atom stereocenters. The Bertz CT molecular complexity index is 1210. The summed E-state index contributed by atoms with van der Waals surface area (Å²) >= 11 is 0. The summed E-state index contributed by atoms with van der Waals surface area (Å²) in [7, 11) is 0. The van der Waals surface area contributed by atoms with Crippen LogP contribution in [0.4, 0.5) is 13.2 Å². The summed E-state index contributed by atoms with van der Waals surface area (Å²) in [6, 6.07) is 9.58. The van der Waals surface area contributed by atoms with Crippen LogP contribution in [0.5, 0.6) is 0 Å². The molecule has 2 aliphatic heterocycles. The number of hydrogen-bond acceptors (Lipinski definition) is 8. The molecule has 0 saturated carbocycles. The van der Waals surface area contributed by atoms with Gasteiger partial charge in [-0.3, -0.25) is 10.2 Å². The molecule has 0 bridgehead atoms. The van der Waals surface area contributed by atoms with Gasteiger partial charge in [-0.1, -0.05) is 35.5 Å². The molecule has 10 nitrogen and oxygen atoms in total. The number of hydrogen-bond donors (Lipinski definition) is 3. The van der Waals surface area contributed by atoms with Gasteiger partial charge in [-0.05, 0) is 12.1 Å². The third kappa shape index (κ3) is 4.28. The van der Waals surface area contributed by atoms with Crippen LogP contribution in [0.1, 0.15) is 17.9 Å². The Labute approximate surface area is 196 Å². The van der Waals surface area contributed by atoms with Crippen molar-refractivity contribution in [2.45, 2.75) is 36.7 Å². The zero-order valence-electron chi connectivity index (χ0n) is 17.9. The Balaban J connectivity index is 1.50. The van der Waals surface area contributed by atoms with Crippen LogP contribution in [0.3, 0.4) is 0 Å². The summed E-state index contributed by atoms with van der Waals surface area (Å²) < 4.78 is 59.7. The van der Waals surface area contributed by atoms with Crippen LogP contribution in [-0.4, -0.2) is 57.0 Å². The number of nitrogens with one attached hydrogen (secondary N) is 1. The van der Waals surface area contributed by atoms with Gasteiger partial charge in [-0.2, -0.15) is 0 Å². The molecule has 0 radical (unpaired) electrons. The SMILES string of the molecule is NNC(=O)[C@@H]1O[C@@H]2CO[C@H](c3ccccc3)O[C@@H]2[C@H](n2cc(-c3cc(F)c(F)c(F)c3)nn2)[C@H]1O. The first kappa shape index (κ1) is 23.4. The van der Waals surface area contributed by atoms with E-state index in [9.17, 15) is 23.1 Å². The number of aliphatic hydroxyl groups excluding tert-OH is 1. The van der Waals surface area contributed by atoms with Crippen LogP contribution in [-0.2, 0) is 19.0 Å². The van der Waals surface area contributed by atoms with Gasteiger partial charge >= 0.3 is 0 Å². The summed E-state index contributed by atoms with van der Waals surface area (Å²) in [5.41, 5.74) is 2.60. The molecule has 2 saturated heterocycles. The van der Waals surface area contributed by atoms with Gasteiger partial charge in [0.05, 0.1) is 12.8 Å². The Morgan fingerprint density at radius 2 is 1.86 bits per heavy atom. The number of carbonyl (C=O) groups excluding carboxylic acids is 1. The summed E-state index contributed by atoms with van der Waals surface area (Å²) in [6.45, 7) is 0.0255. The maximum atomic E-state index is 13.7. The monoisotopic (exact) mass is 491 g/mol. The molecule has 3 heterocycles. The Kier molecular flexibility index (Phi) is 6.25. The number of aromatic nitrogens is 3. The van der Waals surface area contributed by atoms with E-state index in [1.807, 2.05) is 23.6 Å². The average Bonchev–Trinajstić information content (AvgIpc) is 3.36. The normalized spacial score (nSPS) is 28.4. The molecule has 5 rings (SSSR count). The minimum atomic E-state index is -1.61. The van der Waals surface area contributed by atoms with E-state index in [-0.39, 0.29) is 17.9 Å². The molecule has 3 aromatic rings. The minimum absolute atomic E-state index is 0.00420. The molecule has 2 aromatic carbocycles. The second-order valence-electron chi connectivity index (χ2n) is 8.10. The van der Waals surface area contributed by atoms with E-state index in [1.165, 1.54) is 10.9 Å². The lowest BCUT2D eigenvalue weighted by Gasteiger charge is -2.47. The summed E-state index contributed by atoms with van der Waals surface area (Å²) in [5, 5.41) is 19.0. The molecular formula is C22H20F3N5O5. The molecule has 0 spiro atoms. The number of nitrogens with two attached hydrogens (primary N) is 1. The van der Waals surface area contributed by atoms with Crippen LogP contribution in [0.15, 0.2) is 48.7 Å². The van der Waals surface area contributed by atoms with Crippen molar-refractivity contribution in [3.05, 3.63) is 71.7 Å². The number of halogens is 3. The topological polar surface area (TPSA) is 134 Å². The van der Waals surface area contributed by atoms with Crippen molar-refractivity contribution in [1.29, 1.82) is 0 Å². The van der Waals surface area contributed by atoms with E-state index in [0.29, 0.717) is 0 Å². The largest absolute Gasteiger partial charge is 0.387 e. The van der Waals surface area contributed by atoms with E-state index in [0.717, 1.165) is 17.7 Å². The molecular weight excluding hydrogens is 471 g/mol. The van der Waals surface area contributed by atoms with Crippen LogP contribution >= 0.6 is 0 Å². The van der Waals surface area contributed by atoms with E-state index >= 15 is 0 Å². The highest BCUT2D eigenvalue weighted by Crippen LogP contribution is 2.39. The molecule has 1 aromatic heterocycles. The number of fused-ring (bicyclic) bond motifs is 1. The van der Waals surface area contributed by atoms with E-state index in [2.05, 4.69) is 10.3 Å². The van der Waals surface area contributed by atoms with Gasteiger partial charge in [0.15, 0.2) is 29.8 Å². The highest BCUT2D eigenvalue weighted by Gasteiger charge is 2.52. The fourth-order valence-corrected chi connectivity index (χ4v) is 4.26. The van der Waals surface area contributed by atoms with Crippen LogP contribution < -0.4 is 11.3 Å². The van der Waals surface area contributed by atoms with Crippen LogP contribution in [0, 0.1) is 17.5 Å². The summed E-state index contributed by atoms with van der Waals surface area (Å²) in [5.74, 6) is 0.0741. The fourth-order valence-electron chi connectivity index (χ4n) is 4.26. The molecule has 2 fully saturated rings. The molecule has 13 heteroatoms. The lowest BCUT2D eigenvalue weighted by atomic mass is 9.91. The lowest BCUT2D eigenvalue weighted by molar-refractivity contribution is -0.312. The Morgan fingerprint density at radius 1 is 1.14 bits per heavy atom. The first-order valence-electron chi connectivity index (χ1n) is 10.6. The zero-order valence-corrected chi connectivity index (χ0v) is 17.9. The molecule has 2 aliphatic rings. The number of hydrazine groups is 1. The van der Waals surface area contributed by atoms with Gasteiger partial charge in [0, 0.05) is 11.1 Å². The Morgan fingerprint density at radius 3 is 2.54 bits per heavy atom. The van der Waals surface area contributed by atoms with Crippen molar-refractivity contribution in [3.63, 3.8) is 0 Å². The van der Waals surface area contributed by atoms with Gasteiger partial charge < -0.3 is 19.3 Å². The molecule has 184 valence electrons. The first-order chi connectivity index (χ1) is 16.9. The zero-order chi connectivity index (χ0) is 24.7. The number of benzene rings is 2. The van der Waals surface area contributed by atoms with Gasteiger partial charge in [0.1, 0.15) is 30.0 Å². The number of nitrogens with zero attached hydrogens (tertiary/aromatic N) is 3. The van der Waals surface area contributed by atoms with E-state index in [1.54, 1.807) is 12.1 Å². The van der Waals surface area contributed by atoms with Crippen molar-refractivity contribution in [2.24, 2.45) is 5.84 Å². The number of carbonyl (C=O) groups is 1.